The Morgan fingerprint density at radius 1 is 1.06 bits per heavy atom. The van der Waals surface area contributed by atoms with Crippen LogP contribution in [0.2, 0.25) is 0 Å². The van der Waals surface area contributed by atoms with Crippen LogP contribution in [-0.2, 0) is 19.1 Å². The van der Waals surface area contributed by atoms with Gasteiger partial charge in [0.05, 0.1) is 18.1 Å². The number of carbonyl (C=O) groups excluding carboxylic acids is 2. The van der Waals surface area contributed by atoms with Gasteiger partial charge < -0.3 is 24.4 Å². The third-order valence-corrected chi connectivity index (χ3v) is 5.95. The Balaban J connectivity index is 1.42. The van der Waals surface area contributed by atoms with Crippen LogP contribution in [0.25, 0.3) is 0 Å². The zero-order valence-corrected chi connectivity index (χ0v) is 19.6. The number of piperazine rings is 1. The van der Waals surface area contributed by atoms with Crippen molar-refractivity contribution in [3.05, 3.63) is 54.6 Å². The Bertz CT molecular complexity index is 1180. The number of rotatable bonds is 5. The number of esters is 2. The van der Waals surface area contributed by atoms with E-state index in [0.717, 1.165) is 31.0 Å². The fourth-order valence-electron chi connectivity index (χ4n) is 4.22. The summed E-state index contributed by atoms with van der Waals surface area (Å²) in [5.41, 5.74) is 0.597. The molecule has 0 saturated carbocycles. The van der Waals surface area contributed by atoms with E-state index in [0.29, 0.717) is 50.0 Å². The Hall–Kier alpha value is -4.06. The Morgan fingerprint density at radius 3 is 2.39 bits per heavy atom. The van der Waals surface area contributed by atoms with Crippen molar-refractivity contribution in [3.8, 4) is 5.75 Å². The first-order valence-corrected chi connectivity index (χ1v) is 11.7. The first-order valence-electron chi connectivity index (χ1n) is 11.7. The summed E-state index contributed by atoms with van der Waals surface area (Å²) in [5, 5.41) is 3.14. The van der Waals surface area contributed by atoms with Crippen molar-refractivity contribution in [1.29, 1.82) is 0 Å². The molecule has 5 rings (SSSR count). The summed E-state index contributed by atoms with van der Waals surface area (Å²) >= 11 is 0. The lowest BCUT2D eigenvalue weighted by Crippen LogP contribution is -2.57. The van der Waals surface area contributed by atoms with Gasteiger partial charge in [0.25, 0.3) is 0 Å². The smallest absolute Gasteiger partial charge is 0.412 e. The van der Waals surface area contributed by atoms with Crippen LogP contribution in [0.3, 0.4) is 0 Å². The molecular weight excluding hydrogens is 471 g/mol. The van der Waals surface area contributed by atoms with Gasteiger partial charge in [0, 0.05) is 38.3 Å². The first kappa shape index (κ1) is 23.7. The molecule has 2 aromatic rings. The van der Waals surface area contributed by atoms with Gasteiger partial charge in [0.15, 0.2) is 11.6 Å². The minimum Gasteiger partial charge on any atom is -0.412 e. The van der Waals surface area contributed by atoms with Crippen LogP contribution >= 0.6 is 0 Å². The SMILES string of the molecule is CCCC(/N=C1\Nc2ccccc2OC12OC(=O)C=CC(=O)O2)N1CCN(c2ncc(F)cn2)CC1. The molecule has 1 atom stereocenters. The highest BCUT2D eigenvalue weighted by atomic mass is 19.1. The lowest BCUT2D eigenvalue weighted by molar-refractivity contribution is -0.264. The topological polar surface area (TPSA) is 118 Å². The molecule has 0 radical (unpaired) electrons. The monoisotopic (exact) mass is 496 g/mol. The van der Waals surface area contributed by atoms with Crippen molar-refractivity contribution in [3.63, 3.8) is 0 Å². The van der Waals surface area contributed by atoms with Crippen molar-refractivity contribution in [1.82, 2.24) is 14.9 Å². The lowest BCUT2D eigenvalue weighted by atomic mass is 10.2. The predicted octanol–water partition coefficient (Wildman–Crippen LogP) is 2.08. The summed E-state index contributed by atoms with van der Waals surface area (Å²) in [6.45, 7) is 4.54. The van der Waals surface area contributed by atoms with Crippen molar-refractivity contribution in [2.24, 2.45) is 4.99 Å². The summed E-state index contributed by atoms with van der Waals surface area (Å²) in [7, 11) is 0. The molecule has 12 heteroatoms. The highest BCUT2D eigenvalue weighted by Gasteiger charge is 2.52. The molecule has 1 unspecified atom stereocenters. The first-order chi connectivity index (χ1) is 17.5. The molecule has 36 heavy (non-hydrogen) atoms. The zero-order chi connectivity index (χ0) is 25.1. The third kappa shape index (κ3) is 4.85. The van der Waals surface area contributed by atoms with Crippen molar-refractivity contribution < 1.29 is 28.2 Å². The van der Waals surface area contributed by atoms with Crippen LogP contribution in [0.4, 0.5) is 16.0 Å². The van der Waals surface area contributed by atoms with Gasteiger partial charge in [-0.25, -0.2) is 28.9 Å². The summed E-state index contributed by atoms with van der Waals surface area (Å²) < 4.78 is 30.1. The molecule has 11 nitrogen and oxygen atoms in total. The van der Waals surface area contributed by atoms with Gasteiger partial charge in [0.1, 0.15) is 6.17 Å². The minimum atomic E-state index is -2.18. The van der Waals surface area contributed by atoms with E-state index < -0.39 is 23.7 Å². The van der Waals surface area contributed by atoms with Crippen LogP contribution in [-0.4, -0.2) is 71.0 Å². The summed E-state index contributed by atoms with van der Waals surface area (Å²) in [5.74, 6) is -3.37. The molecule has 1 fully saturated rings. The standard InChI is InChI=1S/C24H25FN6O5/c1-2-5-19(30-10-12-31(13-11-30)23-26-14-16(25)15-27-23)29-22-24(35-20(32)8-9-21(33)36-24)34-18-7-4-3-6-17(18)28-22/h3-4,6-9,14-15,19H,2,5,10-13H2,1H3,(H,28,29). The molecule has 188 valence electrons. The van der Waals surface area contributed by atoms with Crippen molar-refractivity contribution in [2.45, 2.75) is 31.9 Å². The summed E-state index contributed by atoms with van der Waals surface area (Å²) in [6, 6.07) is 7.02. The van der Waals surface area contributed by atoms with E-state index in [2.05, 4.69) is 20.2 Å². The van der Waals surface area contributed by atoms with E-state index in [1.165, 1.54) is 0 Å². The molecular formula is C24H25FN6O5. The number of nitrogens with one attached hydrogen (secondary N) is 1. The normalized spacial score (nSPS) is 21.2. The number of para-hydroxylation sites is 2. The molecule has 0 amide bonds. The second-order valence-electron chi connectivity index (χ2n) is 8.43. The number of halogens is 1. The fourth-order valence-corrected chi connectivity index (χ4v) is 4.22. The van der Waals surface area contributed by atoms with Gasteiger partial charge in [-0.15, -0.1) is 0 Å². The molecule has 4 heterocycles. The number of anilines is 2. The van der Waals surface area contributed by atoms with Crippen LogP contribution in [0.15, 0.2) is 53.8 Å². The number of fused-ring (bicyclic) bond motifs is 1. The maximum Gasteiger partial charge on any atom is 0.486 e. The lowest BCUT2D eigenvalue weighted by Gasteiger charge is -2.40. The van der Waals surface area contributed by atoms with Crippen LogP contribution in [0, 0.1) is 5.82 Å². The van der Waals surface area contributed by atoms with Crippen molar-refractivity contribution >= 4 is 29.4 Å². The number of hydrogen-bond acceptors (Lipinski definition) is 10. The molecule has 0 bridgehead atoms. The molecule has 1 aromatic heterocycles. The number of ether oxygens (including phenoxy) is 3. The summed E-state index contributed by atoms with van der Waals surface area (Å²) in [4.78, 5) is 41.8. The highest BCUT2D eigenvalue weighted by Crippen LogP contribution is 2.36. The van der Waals surface area contributed by atoms with Gasteiger partial charge in [-0.05, 0) is 18.6 Å². The Morgan fingerprint density at radius 2 is 1.72 bits per heavy atom. The number of carbonyl (C=O) groups is 2. The van der Waals surface area contributed by atoms with Crippen LogP contribution < -0.4 is 15.0 Å². The van der Waals surface area contributed by atoms with Gasteiger partial charge in [-0.2, -0.15) is 0 Å². The minimum absolute atomic E-state index is 0.0642. The second kappa shape index (κ2) is 9.90. The van der Waals surface area contributed by atoms with Gasteiger partial charge in [-0.3, -0.25) is 4.90 Å². The Labute approximate surface area is 206 Å². The average Bonchev–Trinajstić information content (AvgIpc) is 3.02. The molecule has 1 saturated heterocycles. The zero-order valence-electron chi connectivity index (χ0n) is 19.6. The third-order valence-electron chi connectivity index (χ3n) is 5.95. The van der Waals surface area contributed by atoms with Gasteiger partial charge >= 0.3 is 17.9 Å². The van der Waals surface area contributed by atoms with E-state index in [1.807, 2.05) is 17.9 Å². The maximum atomic E-state index is 13.2. The van der Waals surface area contributed by atoms with E-state index in [9.17, 15) is 14.0 Å². The van der Waals surface area contributed by atoms with Crippen molar-refractivity contribution in [2.75, 3.05) is 36.4 Å². The number of benzene rings is 1. The maximum absolute atomic E-state index is 13.2. The van der Waals surface area contributed by atoms with E-state index in [4.69, 9.17) is 19.2 Å². The van der Waals surface area contributed by atoms with Crippen LogP contribution in [0.5, 0.6) is 5.75 Å². The second-order valence-corrected chi connectivity index (χ2v) is 8.43. The number of nitrogens with zero attached hydrogens (tertiary/aromatic N) is 5. The van der Waals surface area contributed by atoms with Gasteiger partial charge in [-0.1, -0.05) is 25.5 Å². The molecule has 1 N–H and O–H groups in total. The highest BCUT2D eigenvalue weighted by molar-refractivity contribution is 6.06. The summed E-state index contributed by atoms with van der Waals surface area (Å²) in [6.07, 6.45) is 5.46. The van der Waals surface area contributed by atoms with Crippen LogP contribution in [0.1, 0.15) is 19.8 Å². The fraction of sp³-hybridized carbons (Fsp3) is 0.375. The Kier molecular flexibility index (Phi) is 6.51. The van der Waals surface area contributed by atoms with E-state index in [1.54, 1.807) is 18.2 Å². The average molecular weight is 496 g/mol. The molecule has 3 aliphatic rings. The molecule has 1 aromatic carbocycles. The van der Waals surface area contributed by atoms with E-state index in [-0.39, 0.29) is 12.0 Å². The number of aliphatic imine (C=N–C) groups is 1. The predicted molar refractivity (Wildman–Crippen MR) is 127 cm³/mol. The quantitative estimate of drug-likeness (QED) is 0.617. The van der Waals surface area contributed by atoms with E-state index >= 15 is 0 Å². The number of hydrogen-bond donors (Lipinski definition) is 1. The molecule has 1 spiro atoms. The molecule has 0 aliphatic carbocycles. The largest absolute Gasteiger partial charge is 0.486 e. The molecule has 3 aliphatic heterocycles. The van der Waals surface area contributed by atoms with Gasteiger partial charge in [0.2, 0.25) is 11.8 Å². The number of amidine groups is 1. The number of aromatic nitrogens is 2.